The summed E-state index contributed by atoms with van der Waals surface area (Å²) in [5.41, 5.74) is 4.61. The monoisotopic (exact) mass is 485 g/mol. The van der Waals surface area contributed by atoms with Crippen LogP contribution in [-0.2, 0) is 17.9 Å². The number of amides is 1. The fraction of sp³-hybridized carbons (Fsp3) is 0.238. The highest BCUT2D eigenvalue weighted by molar-refractivity contribution is 8.00. The minimum Gasteiger partial charge on any atom is -0.378 e. The molecule has 2 N–H and O–H groups in total. The number of nitrogens with one attached hydrogen (secondary N) is 2. The molecule has 0 aliphatic heterocycles. The molecule has 1 atom stereocenters. The number of anilines is 1. The van der Waals surface area contributed by atoms with Crippen LogP contribution in [0, 0.1) is 17.0 Å². The molecule has 0 saturated carbocycles. The van der Waals surface area contributed by atoms with Gasteiger partial charge in [0.1, 0.15) is 0 Å². The van der Waals surface area contributed by atoms with Crippen LogP contribution in [0.1, 0.15) is 23.2 Å². The first-order valence-corrected chi connectivity index (χ1v) is 11.6. The average Bonchev–Trinajstić information content (AvgIpc) is 3.41. The molecule has 2 aromatic heterocycles. The molecule has 172 valence electrons. The number of rotatable bonds is 11. The Balaban J connectivity index is 1.59. The maximum Gasteiger partial charge on any atom is 0.324 e. The molecular weight excluding hydrogens is 462 g/mol. The molecule has 0 saturated heterocycles. The third kappa shape index (κ3) is 6.73. The molecule has 10 nitrogen and oxygen atoms in total. The first-order valence-electron chi connectivity index (χ1n) is 9.94. The number of nitrogens with zero attached hydrogens (tertiary/aromatic N) is 5. The lowest BCUT2D eigenvalue weighted by molar-refractivity contribution is -0.380. The second-order valence-electron chi connectivity index (χ2n) is 6.95. The molecule has 2 heterocycles. The number of carbonyl (C=O) groups is 1. The third-order valence-corrected chi connectivity index (χ3v) is 6.47. The number of benzene rings is 1. The first kappa shape index (κ1) is 24.1. The molecule has 0 fully saturated rings. The zero-order valence-corrected chi connectivity index (χ0v) is 19.7. The summed E-state index contributed by atoms with van der Waals surface area (Å²) in [4.78, 5) is 23.3. The van der Waals surface area contributed by atoms with Crippen molar-refractivity contribution >= 4 is 45.9 Å². The minimum absolute atomic E-state index is 0.0147. The predicted octanol–water partition coefficient (Wildman–Crippen LogP) is 3.99. The van der Waals surface area contributed by atoms with E-state index in [4.69, 9.17) is 0 Å². The van der Waals surface area contributed by atoms with Crippen LogP contribution in [0.3, 0.4) is 0 Å². The number of nitro groups is 1. The summed E-state index contributed by atoms with van der Waals surface area (Å²) in [5.74, 6) is 0.401. The number of thiophene rings is 1. The highest BCUT2D eigenvalue weighted by Gasteiger charge is 2.19. The Morgan fingerprint density at radius 3 is 2.76 bits per heavy atom. The number of carbonyl (C=O) groups excluding carboxylic acids is 1. The topological polar surface area (TPSA) is 127 Å². The zero-order chi connectivity index (χ0) is 23.8. The van der Waals surface area contributed by atoms with Gasteiger partial charge in [-0.15, -0.1) is 16.8 Å². The van der Waals surface area contributed by atoms with E-state index in [1.165, 1.54) is 29.6 Å². The van der Waals surface area contributed by atoms with Crippen LogP contribution in [0.2, 0.25) is 0 Å². The normalized spacial score (nSPS) is 11.9. The number of hydrogen-bond acceptors (Lipinski definition) is 9. The van der Waals surface area contributed by atoms with Gasteiger partial charge < -0.3 is 9.88 Å². The molecule has 1 unspecified atom stereocenters. The summed E-state index contributed by atoms with van der Waals surface area (Å²) >= 11 is 2.23. The van der Waals surface area contributed by atoms with Crippen LogP contribution in [0.4, 0.5) is 10.7 Å². The van der Waals surface area contributed by atoms with Crippen molar-refractivity contribution in [3.8, 4) is 0 Å². The van der Waals surface area contributed by atoms with Crippen molar-refractivity contribution in [3.05, 3.63) is 75.4 Å². The second-order valence-corrected chi connectivity index (χ2v) is 9.35. The van der Waals surface area contributed by atoms with Gasteiger partial charge in [-0.2, -0.15) is 5.10 Å². The van der Waals surface area contributed by atoms with E-state index in [0.717, 1.165) is 22.8 Å². The summed E-state index contributed by atoms with van der Waals surface area (Å²) in [5, 5.41) is 26.6. The molecular formula is C21H23N7O3S2. The smallest absolute Gasteiger partial charge is 0.324 e. The maximum absolute atomic E-state index is 12.4. The van der Waals surface area contributed by atoms with Gasteiger partial charge in [0, 0.05) is 18.3 Å². The summed E-state index contributed by atoms with van der Waals surface area (Å²) in [6.45, 7) is 8.55. The van der Waals surface area contributed by atoms with Crippen molar-refractivity contribution < 1.29 is 9.72 Å². The summed E-state index contributed by atoms with van der Waals surface area (Å²) in [6, 6.07) is 11.0. The van der Waals surface area contributed by atoms with Crippen molar-refractivity contribution in [1.82, 2.24) is 20.2 Å². The highest BCUT2D eigenvalue weighted by atomic mass is 32.2. The van der Waals surface area contributed by atoms with Crippen LogP contribution < -0.4 is 10.7 Å². The Hall–Kier alpha value is -3.51. The zero-order valence-electron chi connectivity index (χ0n) is 18.1. The molecule has 3 aromatic rings. The summed E-state index contributed by atoms with van der Waals surface area (Å²) < 4.78 is 1.90. The van der Waals surface area contributed by atoms with Gasteiger partial charge in [0.25, 0.3) is 5.91 Å². The number of hydrazone groups is 1. The maximum atomic E-state index is 12.4. The number of hydrogen-bond donors (Lipinski definition) is 2. The molecule has 12 heteroatoms. The Labute approximate surface area is 199 Å². The molecule has 1 amide bonds. The lowest BCUT2D eigenvalue weighted by Crippen LogP contribution is -2.27. The van der Waals surface area contributed by atoms with Crippen LogP contribution in [0.15, 0.2) is 59.3 Å². The second kappa shape index (κ2) is 11.4. The van der Waals surface area contributed by atoms with Crippen LogP contribution in [0.25, 0.3) is 0 Å². The third-order valence-electron chi connectivity index (χ3n) is 4.42. The molecule has 0 aliphatic rings. The Morgan fingerprint density at radius 2 is 2.09 bits per heavy atom. The van der Waals surface area contributed by atoms with E-state index in [2.05, 4.69) is 32.6 Å². The first-order chi connectivity index (χ1) is 15.9. The standard InChI is InChI=1S/C21H23N7O3S2/c1-4-11-27-18(13-22-16-7-5-14(2)6-8-16)24-26-21(27)32-15(3)20(29)25-23-12-17-9-10-19(33-17)28(30)31/h4-10,12,15,22H,1,11,13H2,2-3H3,(H,25,29). The van der Waals surface area contributed by atoms with Gasteiger partial charge in [0.05, 0.1) is 27.8 Å². The van der Waals surface area contributed by atoms with Crippen molar-refractivity contribution in [2.45, 2.75) is 37.3 Å². The van der Waals surface area contributed by atoms with Crippen molar-refractivity contribution in [2.24, 2.45) is 5.10 Å². The number of aromatic nitrogens is 3. The predicted molar refractivity (Wildman–Crippen MR) is 131 cm³/mol. The van der Waals surface area contributed by atoms with Crippen molar-refractivity contribution in [2.75, 3.05) is 5.32 Å². The molecule has 3 rings (SSSR count). The quantitative estimate of drug-likeness (QED) is 0.138. The summed E-state index contributed by atoms with van der Waals surface area (Å²) in [6.07, 6.45) is 3.13. The number of aryl methyl sites for hydroxylation is 1. The molecule has 0 bridgehead atoms. The van der Waals surface area contributed by atoms with Crippen LogP contribution in [-0.4, -0.2) is 37.1 Å². The van der Waals surface area contributed by atoms with Crippen LogP contribution in [0.5, 0.6) is 0 Å². The van der Waals surface area contributed by atoms with Crippen molar-refractivity contribution in [3.63, 3.8) is 0 Å². The van der Waals surface area contributed by atoms with E-state index in [-0.39, 0.29) is 10.9 Å². The Kier molecular flexibility index (Phi) is 8.33. The molecule has 0 spiro atoms. The highest BCUT2D eigenvalue weighted by Crippen LogP contribution is 2.24. The molecule has 1 aromatic carbocycles. The molecule has 33 heavy (non-hydrogen) atoms. The van der Waals surface area contributed by atoms with Gasteiger partial charge in [0.2, 0.25) is 0 Å². The van der Waals surface area contributed by atoms with Gasteiger partial charge in [-0.3, -0.25) is 14.9 Å². The van der Waals surface area contributed by atoms with E-state index < -0.39 is 10.2 Å². The van der Waals surface area contributed by atoms with E-state index in [9.17, 15) is 14.9 Å². The van der Waals surface area contributed by atoms with Gasteiger partial charge in [-0.25, -0.2) is 5.43 Å². The average molecular weight is 486 g/mol. The van der Waals surface area contributed by atoms with Gasteiger partial charge in [-0.1, -0.05) is 46.9 Å². The molecule has 0 aliphatic carbocycles. The van der Waals surface area contributed by atoms with E-state index in [1.54, 1.807) is 19.1 Å². The van der Waals surface area contributed by atoms with Crippen molar-refractivity contribution in [1.29, 1.82) is 0 Å². The number of allylic oxidation sites excluding steroid dienone is 1. The van der Waals surface area contributed by atoms with E-state index in [1.807, 2.05) is 35.8 Å². The SMILES string of the molecule is C=CCn1c(CNc2ccc(C)cc2)nnc1SC(C)C(=O)NN=Cc1ccc([N+](=O)[O-])s1. The summed E-state index contributed by atoms with van der Waals surface area (Å²) in [7, 11) is 0. The Morgan fingerprint density at radius 1 is 1.33 bits per heavy atom. The lowest BCUT2D eigenvalue weighted by atomic mass is 10.2. The van der Waals surface area contributed by atoms with Gasteiger partial charge in [0.15, 0.2) is 11.0 Å². The fourth-order valence-electron chi connectivity index (χ4n) is 2.67. The fourth-order valence-corrected chi connectivity index (χ4v) is 4.24. The Bertz CT molecular complexity index is 1160. The van der Waals surface area contributed by atoms with E-state index in [0.29, 0.717) is 23.1 Å². The lowest BCUT2D eigenvalue weighted by Gasteiger charge is -2.12. The minimum atomic E-state index is -0.495. The van der Waals surface area contributed by atoms with E-state index >= 15 is 0 Å². The van der Waals surface area contributed by atoms with Gasteiger partial charge in [-0.05, 0) is 32.0 Å². The van der Waals surface area contributed by atoms with Gasteiger partial charge >= 0.3 is 5.00 Å². The number of thioether (sulfide) groups is 1. The molecule has 0 radical (unpaired) electrons. The van der Waals surface area contributed by atoms with Crippen LogP contribution >= 0.6 is 23.1 Å². The largest absolute Gasteiger partial charge is 0.378 e.